The zero-order chi connectivity index (χ0) is 17.4. The second-order valence-electron chi connectivity index (χ2n) is 4.88. The number of aromatic nitrogens is 2. The number of aryl methyl sites for hydroxylation is 1. The molecule has 0 aliphatic rings. The monoisotopic (exact) mass is 523 g/mol. The number of nitrogens with one attached hydrogen (secondary N) is 1. The van der Waals surface area contributed by atoms with Crippen LogP contribution >= 0.6 is 49.9 Å². The average molecular weight is 524 g/mol. The molecule has 0 bridgehead atoms. The van der Waals surface area contributed by atoms with Crippen LogP contribution < -0.4 is 5.32 Å². The fraction of sp³-hybridized carbons (Fsp3) is 0.0667. The Morgan fingerprint density at radius 2 is 1.96 bits per heavy atom. The predicted molar refractivity (Wildman–Crippen MR) is 102 cm³/mol. The summed E-state index contributed by atoms with van der Waals surface area (Å²) in [5.41, 5.74) is 1.77. The van der Waals surface area contributed by atoms with E-state index >= 15 is 0 Å². The van der Waals surface area contributed by atoms with Crippen LogP contribution in [0, 0.1) is 22.1 Å². The summed E-state index contributed by atoms with van der Waals surface area (Å²) in [5, 5.41) is 19.7. The Morgan fingerprint density at radius 1 is 1.21 bits per heavy atom. The third-order valence-corrected chi connectivity index (χ3v) is 5.26. The maximum atomic E-state index is 14.5. The van der Waals surface area contributed by atoms with E-state index in [9.17, 15) is 13.9 Å². The molecule has 0 aliphatic carbocycles. The summed E-state index contributed by atoms with van der Waals surface area (Å²) >= 11 is 6.05. The molecule has 0 amide bonds. The summed E-state index contributed by atoms with van der Waals surface area (Å²) in [6, 6.07) is 6.98. The SMILES string of the molecule is Cc1cc(I)ccc1Nc1c(-c2nnc(O)s2)cc(Br)c(F)c1F. The molecule has 3 aromatic rings. The van der Waals surface area contributed by atoms with Gasteiger partial charge in [-0.25, -0.2) is 8.78 Å². The molecule has 9 heteroatoms. The Balaban J connectivity index is 2.16. The molecular formula is C15H9BrF2IN3OS. The van der Waals surface area contributed by atoms with Gasteiger partial charge in [-0.2, -0.15) is 0 Å². The van der Waals surface area contributed by atoms with Gasteiger partial charge in [-0.1, -0.05) is 16.4 Å². The van der Waals surface area contributed by atoms with Crippen molar-refractivity contribution in [1.29, 1.82) is 0 Å². The molecule has 0 unspecified atom stereocenters. The van der Waals surface area contributed by atoms with E-state index < -0.39 is 11.6 Å². The summed E-state index contributed by atoms with van der Waals surface area (Å²) < 4.78 is 29.6. The van der Waals surface area contributed by atoms with Crippen molar-refractivity contribution in [3.05, 3.63) is 49.5 Å². The molecule has 0 saturated carbocycles. The molecule has 1 aromatic heterocycles. The van der Waals surface area contributed by atoms with Gasteiger partial charge >= 0.3 is 0 Å². The highest BCUT2D eigenvalue weighted by molar-refractivity contribution is 14.1. The molecule has 0 fully saturated rings. The third kappa shape index (κ3) is 3.38. The maximum absolute atomic E-state index is 14.5. The van der Waals surface area contributed by atoms with Gasteiger partial charge in [-0.05, 0) is 75.3 Å². The molecule has 0 aliphatic heterocycles. The van der Waals surface area contributed by atoms with Crippen molar-refractivity contribution in [2.45, 2.75) is 6.92 Å². The highest BCUT2D eigenvalue weighted by atomic mass is 127. The van der Waals surface area contributed by atoms with Gasteiger partial charge in [-0.15, -0.1) is 5.10 Å². The Labute approximate surface area is 162 Å². The molecule has 0 radical (unpaired) electrons. The quantitative estimate of drug-likeness (QED) is 0.346. The van der Waals surface area contributed by atoms with Crippen LogP contribution in [0.2, 0.25) is 0 Å². The number of aromatic hydroxyl groups is 1. The fourth-order valence-electron chi connectivity index (χ4n) is 2.11. The number of halogens is 4. The second-order valence-corrected chi connectivity index (χ2v) is 7.94. The second kappa shape index (κ2) is 6.89. The molecule has 2 N–H and O–H groups in total. The third-order valence-electron chi connectivity index (χ3n) is 3.26. The first kappa shape index (κ1) is 17.5. The van der Waals surface area contributed by atoms with Crippen molar-refractivity contribution in [3.63, 3.8) is 0 Å². The minimum absolute atomic E-state index is 0.0328. The molecule has 1 heterocycles. The number of hydrogen-bond donors (Lipinski definition) is 2. The van der Waals surface area contributed by atoms with Gasteiger partial charge in [0.2, 0.25) is 0 Å². The lowest BCUT2D eigenvalue weighted by Crippen LogP contribution is -2.02. The van der Waals surface area contributed by atoms with E-state index in [-0.39, 0.29) is 20.4 Å². The molecule has 2 aromatic carbocycles. The van der Waals surface area contributed by atoms with Crippen molar-refractivity contribution < 1.29 is 13.9 Å². The highest BCUT2D eigenvalue weighted by Gasteiger charge is 2.21. The van der Waals surface area contributed by atoms with Gasteiger partial charge in [0.15, 0.2) is 16.6 Å². The van der Waals surface area contributed by atoms with Gasteiger partial charge in [0, 0.05) is 14.8 Å². The summed E-state index contributed by atoms with van der Waals surface area (Å²) in [6.07, 6.45) is 0. The van der Waals surface area contributed by atoms with E-state index in [1.54, 1.807) is 6.07 Å². The van der Waals surface area contributed by atoms with Crippen LogP contribution in [-0.4, -0.2) is 15.3 Å². The van der Waals surface area contributed by atoms with Crippen LogP contribution in [0.5, 0.6) is 5.19 Å². The minimum Gasteiger partial charge on any atom is -0.485 e. The van der Waals surface area contributed by atoms with Crippen molar-refractivity contribution in [1.82, 2.24) is 10.2 Å². The Bertz CT molecular complexity index is 935. The largest absolute Gasteiger partial charge is 0.485 e. The number of hydrogen-bond acceptors (Lipinski definition) is 5. The van der Waals surface area contributed by atoms with E-state index in [1.807, 2.05) is 19.1 Å². The van der Waals surface area contributed by atoms with Crippen molar-refractivity contribution >= 4 is 61.2 Å². The molecule has 4 nitrogen and oxygen atoms in total. The van der Waals surface area contributed by atoms with E-state index in [2.05, 4.69) is 54.0 Å². The van der Waals surface area contributed by atoms with Crippen LogP contribution in [-0.2, 0) is 0 Å². The van der Waals surface area contributed by atoms with Gasteiger partial charge in [0.1, 0.15) is 0 Å². The minimum atomic E-state index is -1.04. The van der Waals surface area contributed by atoms with E-state index in [0.29, 0.717) is 11.3 Å². The first-order chi connectivity index (χ1) is 11.4. The highest BCUT2D eigenvalue weighted by Crippen LogP contribution is 2.40. The number of rotatable bonds is 3. The molecule has 0 atom stereocenters. The van der Waals surface area contributed by atoms with E-state index in [4.69, 9.17) is 0 Å². The molecule has 3 rings (SSSR count). The topological polar surface area (TPSA) is 58.0 Å². The lowest BCUT2D eigenvalue weighted by atomic mass is 10.1. The normalized spacial score (nSPS) is 10.9. The average Bonchev–Trinajstić information content (AvgIpc) is 2.96. The predicted octanol–water partition coefficient (Wildman–Crippen LogP) is 5.61. The number of benzene rings is 2. The molecule has 0 spiro atoms. The summed E-state index contributed by atoms with van der Waals surface area (Å²) in [4.78, 5) is 0. The summed E-state index contributed by atoms with van der Waals surface area (Å²) in [7, 11) is 0. The molecule has 124 valence electrons. The number of nitrogens with zero attached hydrogens (tertiary/aromatic N) is 2. The van der Waals surface area contributed by atoms with Gasteiger partial charge in [0.05, 0.1) is 10.2 Å². The molecule has 0 saturated heterocycles. The van der Waals surface area contributed by atoms with Crippen LogP contribution in [0.15, 0.2) is 28.7 Å². The Kier molecular flexibility index (Phi) is 5.02. The lowest BCUT2D eigenvalue weighted by molar-refractivity contribution is 0.465. The summed E-state index contributed by atoms with van der Waals surface area (Å²) in [6.45, 7) is 1.87. The molecule has 24 heavy (non-hydrogen) atoms. The van der Waals surface area contributed by atoms with Crippen molar-refractivity contribution in [2.75, 3.05) is 5.32 Å². The van der Waals surface area contributed by atoms with Crippen LogP contribution in [0.3, 0.4) is 0 Å². The maximum Gasteiger partial charge on any atom is 0.291 e. The zero-order valence-corrected chi connectivity index (χ0v) is 16.6. The van der Waals surface area contributed by atoms with Crippen molar-refractivity contribution in [2.24, 2.45) is 0 Å². The fourth-order valence-corrected chi connectivity index (χ4v) is 3.77. The first-order valence-electron chi connectivity index (χ1n) is 6.60. The van der Waals surface area contributed by atoms with E-state index in [0.717, 1.165) is 20.5 Å². The van der Waals surface area contributed by atoms with Crippen LogP contribution in [0.4, 0.5) is 20.2 Å². The summed E-state index contributed by atoms with van der Waals surface area (Å²) in [5.74, 6) is -2.04. The first-order valence-corrected chi connectivity index (χ1v) is 9.29. The molecular weight excluding hydrogens is 515 g/mol. The van der Waals surface area contributed by atoms with Gasteiger partial charge < -0.3 is 10.4 Å². The zero-order valence-electron chi connectivity index (χ0n) is 12.1. The van der Waals surface area contributed by atoms with Crippen molar-refractivity contribution in [3.8, 4) is 15.8 Å². The van der Waals surface area contributed by atoms with E-state index in [1.165, 1.54) is 6.07 Å². The van der Waals surface area contributed by atoms with Crippen LogP contribution in [0.1, 0.15) is 5.56 Å². The van der Waals surface area contributed by atoms with Gasteiger partial charge in [0.25, 0.3) is 5.19 Å². The Hall–Kier alpha value is -1.33. The number of anilines is 2. The van der Waals surface area contributed by atoms with Gasteiger partial charge in [-0.3, -0.25) is 0 Å². The lowest BCUT2D eigenvalue weighted by Gasteiger charge is -2.15. The smallest absolute Gasteiger partial charge is 0.291 e. The Morgan fingerprint density at radius 3 is 2.58 bits per heavy atom. The standard InChI is InChI=1S/C15H9BrF2IN3OS/c1-6-4-7(19)2-3-10(6)20-13-8(14-21-22-15(23)24-14)5-9(16)11(17)12(13)18/h2-5,20H,1H3,(H,22,23). The van der Waals surface area contributed by atoms with Crippen LogP contribution in [0.25, 0.3) is 10.6 Å².